The van der Waals surface area contributed by atoms with Crippen LogP contribution in [0.1, 0.15) is 29.7 Å². The molecule has 0 heterocycles. The molecule has 0 aliphatic rings. The zero-order valence-electron chi connectivity index (χ0n) is 11.7. The van der Waals surface area contributed by atoms with Crippen LogP contribution in [-0.2, 0) is 0 Å². The second-order valence-corrected chi connectivity index (χ2v) is 6.84. The molecule has 1 atom stereocenters. The lowest BCUT2D eigenvalue weighted by molar-refractivity contribution is 0.602. The quantitative estimate of drug-likeness (QED) is 0.620. The summed E-state index contributed by atoms with van der Waals surface area (Å²) in [5, 5.41) is 3.53. The Balaban J connectivity index is 2.59. The summed E-state index contributed by atoms with van der Waals surface area (Å²) >= 11 is 13.3. The number of halogens is 4. The van der Waals surface area contributed by atoms with E-state index in [1.165, 1.54) is 6.07 Å². The molecule has 0 saturated heterocycles. The Hall–Kier alpha value is -0.420. The van der Waals surface area contributed by atoms with E-state index in [1.807, 2.05) is 32.0 Å². The van der Waals surface area contributed by atoms with Crippen molar-refractivity contribution in [3.63, 3.8) is 0 Å². The second kappa shape index (κ2) is 7.23. The van der Waals surface area contributed by atoms with Crippen molar-refractivity contribution in [2.45, 2.75) is 19.9 Å². The third-order valence-corrected chi connectivity index (χ3v) is 5.23. The van der Waals surface area contributed by atoms with E-state index in [2.05, 4.69) is 37.2 Å². The monoisotopic (exact) mass is 433 g/mol. The average molecular weight is 436 g/mol. The summed E-state index contributed by atoms with van der Waals surface area (Å²) in [7, 11) is 0. The lowest BCUT2D eigenvalue weighted by atomic mass is 9.97. The van der Waals surface area contributed by atoms with Gasteiger partial charge in [0.05, 0.1) is 11.1 Å². The summed E-state index contributed by atoms with van der Waals surface area (Å²) in [5.41, 5.74) is 2.88. The first kappa shape index (κ1) is 16.9. The van der Waals surface area contributed by atoms with Crippen LogP contribution < -0.4 is 5.32 Å². The third kappa shape index (κ3) is 3.67. The number of aryl methyl sites for hydroxylation is 1. The summed E-state index contributed by atoms with van der Waals surface area (Å²) < 4.78 is 15.7. The number of rotatable bonds is 4. The molecule has 0 aliphatic carbocycles. The smallest absolute Gasteiger partial charge is 0.142 e. The van der Waals surface area contributed by atoms with E-state index >= 15 is 0 Å². The van der Waals surface area contributed by atoms with Gasteiger partial charge in [0.1, 0.15) is 5.82 Å². The first-order chi connectivity index (χ1) is 9.95. The SMILES string of the molecule is CCNC(c1cc(Br)c(C)cc1Br)c1cccc(F)c1Cl. The Morgan fingerprint density at radius 3 is 2.57 bits per heavy atom. The molecule has 21 heavy (non-hydrogen) atoms. The molecule has 0 saturated carbocycles. The van der Waals surface area contributed by atoms with E-state index in [9.17, 15) is 4.39 Å². The van der Waals surface area contributed by atoms with Gasteiger partial charge in [-0.1, -0.05) is 62.5 Å². The van der Waals surface area contributed by atoms with Crippen LogP contribution in [0.5, 0.6) is 0 Å². The van der Waals surface area contributed by atoms with E-state index in [0.717, 1.165) is 32.2 Å². The molecule has 2 aromatic rings. The highest BCUT2D eigenvalue weighted by Crippen LogP contribution is 2.36. The molecule has 112 valence electrons. The van der Waals surface area contributed by atoms with Crippen LogP contribution >= 0.6 is 43.5 Å². The average Bonchev–Trinajstić information content (AvgIpc) is 2.44. The topological polar surface area (TPSA) is 12.0 Å². The second-order valence-electron chi connectivity index (χ2n) is 4.76. The van der Waals surface area contributed by atoms with Gasteiger partial charge in [-0.2, -0.15) is 0 Å². The fourth-order valence-corrected chi connectivity index (χ4v) is 3.50. The van der Waals surface area contributed by atoms with Crippen LogP contribution in [0.2, 0.25) is 5.02 Å². The predicted octanol–water partition coefficient (Wildman–Crippen LogP) is 6.01. The summed E-state index contributed by atoms with van der Waals surface area (Å²) in [6, 6.07) is 8.79. The highest BCUT2D eigenvalue weighted by atomic mass is 79.9. The zero-order valence-corrected chi connectivity index (χ0v) is 15.6. The molecule has 0 aromatic heterocycles. The van der Waals surface area contributed by atoms with Gasteiger partial charge >= 0.3 is 0 Å². The summed E-state index contributed by atoms with van der Waals surface area (Å²) in [6.45, 7) is 4.78. The van der Waals surface area contributed by atoms with Crippen LogP contribution in [0.3, 0.4) is 0 Å². The highest BCUT2D eigenvalue weighted by molar-refractivity contribution is 9.11. The molecule has 0 bridgehead atoms. The Morgan fingerprint density at radius 1 is 1.19 bits per heavy atom. The van der Waals surface area contributed by atoms with Gasteiger partial charge in [0, 0.05) is 8.95 Å². The maximum absolute atomic E-state index is 13.8. The van der Waals surface area contributed by atoms with Crippen molar-refractivity contribution in [2.24, 2.45) is 0 Å². The Morgan fingerprint density at radius 2 is 1.90 bits per heavy atom. The van der Waals surface area contributed by atoms with Gasteiger partial charge in [-0.3, -0.25) is 0 Å². The molecular formula is C16H15Br2ClFN. The maximum Gasteiger partial charge on any atom is 0.142 e. The molecule has 2 rings (SSSR count). The Labute approximate surface area is 146 Å². The fraction of sp³-hybridized carbons (Fsp3) is 0.250. The molecule has 0 radical (unpaired) electrons. The maximum atomic E-state index is 13.8. The standard InChI is InChI=1S/C16H15Br2ClFN/c1-3-21-16(10-5-4-6-14(20)15(10)19)11-8-12(17)9(2)7-13(11)18/h4-8,16,21H,3H2,1-2H3. The predicted molar refractivity (Wildman–Crippen MR) is 93.5 cm³/mol. The lowest BCUT2D eigenvalue weighted by Crippen LogP contribution is -2.23. The van der Waals surface area contributed by atoms with Crippen molar-refractivity contribution in [3.8, 4) is 0 Å². The van der Waals surface area contributed by atoms with Crippen molar-refractivity contribution in [1.82, 2.24) is 5.32 Å². The lowest BCUT2D eigenvalue weighted by Gasteiger charge is -2.22. The molecule has 2 aromatic carbocycles. The molecular weight excluding hydrogens is 420 g/mol. The normalized spacial score (nSPS) is 12.5. The number of hydrogen-bond donors (Lipinski definition) is 1. The minimum absolute atomic E-state index is 0.159. The number of hydrogen-bond acceptors (Lipinski definition) is 1. The molecule has 0 aliphatic heterocycles. The summed E-state index contributed by atoms with van der Waals surface area (Å²) in [5.74, 6) is -0.403. The van der Waals surface area contributed by atoms with E-state index in [1.54, 1.807) is 6.07 Å². The van der Waals surface area contributed by atoms with Crippen molar-refractivity contribution >= 4 is 43.5 Å². The van der Waals surface area contributed by atoms with Crippen LogP contribution in [-0.4, -0.2) is 6.54 Å². The van der Waals surface area contributed by atoms with Gasteiger partial charge in [0.15, 0.2) is 0 Å². The van der Waals surface area contributed by atoms with Crippen molar-refractivity contribution < 1.29 is 4.39 Å². The van der Waals surface area contributed by atoms with Crippen LogP contribution in [0.25, 0.3) is 0 Å². The van der Waals surface area contributed by atoms with Crippen molar-refractivity contribution in [2.75, 3.05) is 6.54 Å². The molecule has 0 amide bonds. The van der Waals surface area contributed by atoms with Gasteiger partial charge in [0.25, 0.3) is 0 Å². The Bertz CT molecular complexity index is 661. The van der Waals surface area contributed by atoms with Crippen molar-refractivity contribution in [3.05, 3.63) is 66.8 Å². The molecule has 5 heteroatoms. The van der Waals surface area contributed by atoms with E-state index in [-0.39, 0.29) is 11.1 Å². The van der Waals surface area contributed by atoms with Gasteiger partial charge in [-0.25, -0.2) is 4.39 Å². The van der Waals surface area contributed by atoms with E-state index in [0.29, 0.717) is 0 Å². The third-order valence-electron chi connectivity index (χ3n) is 3.29. The largest absolute Gasteiger partial charge is 0.306 e. The van der Waals surface area contributed by atoms with Crippen LogP contribution in [0.15, 0.2) is 39.3 Å². The van der Waals surface area contributed by atoms with Crippen LogP contribution in [0, 0.1) is 12.7 Å². The van der Waals surface area contributed by atoms with Gasteiger partial charge in [-0.15, -0.1) is 0 Å². The first-order valence-electron chi connectivity index (χ1n) is 6.58. The summed E-state index contributed by atoms with van der Waals surface area (Å²) in [4.78, 5) is 0. The first-order valence-corrected chi connectivity index (χ1v) is 8.55. The molecule has 0 fully saturated rings. The molecule has 1 nitrogen and oxygen atoms in total. The molecule has 0 spiro atoms. The Kier molecular flexibility index (Phi) is 5.83. The van der Waals surface area contributed by atoms with Crippen molar-refractivity contribution in [1.29, 1.82) is 0 Å². The van der Waals surface area contributed by atoms with Gasteiger partial charge in [-0.05, 0) is 48.4 Å². The van der Waals surface area contributed by atoms with Gasteiger partial charge in [0.2, 0.25) is 0 Å². The molecule has 1 unspecified atom stereocenters. The fourth-order valence-electron chi connectivity index (χ4n) is 2.22. The number of nitrogens with one attached hydrogen (secondary N) is 1. The summed E-state index contributed by atoms with van der Waals surface area (Å²) in [6.07, 6.45) is 0. The minimum Gasteiger partial charge on any atom is -0.306 e. The highest BCUT2D eigenvalue weighted by Gasteiger charge is 2.21. The van der Waals surface area contributed by atoms with E-state index < -0.39 is 5.82 Å². The number of benzene rings is 2. The minimum atomic E-state index is -0.403. The van der Waals surface area contributed by atoms with Gasteiger partial charge < -0.3 is 5.32 Å². The molecule has 1 N–H and O–H groups in total. The van der Waals surface area contributed by atoms with E-state index in [4.69, 9.17) is 11.6 Å². The van der Waals surface area contributed by atoms with Crippen LogP contribution in [0.4, 0.5) is 4.39 Å². The zero-order chi connectivity index (χ0) is 15.6.